The molecule has 0 bridgehead atoms. The summed E-state index contributed by atoms with van der Waals surface area (Å²) in [6.07, 6.45) is 1.25. The quantitative estimate of drug-likeness (QED) is 0.680. The highest BCUT2D eigenvalue weighted by Crippen LogP contribution is 2.26. The van der Waals surface area contributed by atoms with Gasteiger partial charge >= 0.3 is 0 Å². The lowest BCUT2D eigenvalue weighted by atomic mass is 10.1. The van der Waals surface area contributed by atoms with Crippen LogP contribution in [0, 0.1) is 0 Å². The van der Waals surface area contributed by atoms with Crippen LogP contribution in [0.25, 0.3) is 0 Å². The molecule has 1 N–H and O–H groups in total. The molecule has 136 valence electrons. The highest BCUT2D eigenvalue weighted by Gasteiger charge is 2.15. The number of rotatable bonds is 6. The van der Waals surface area contributed by atoms with Gasteiger partial charge in [0.2, 0.25) is 5.91 Å². The molecule has 1 amide bonds. The Morgan fingerprint density at radius 2 is 1.67 bits per heavy atom. The highest BCUT2D eigenvalue weighted by atomic mass is 16.5. The van der Waals surface area contributed by atoms with Crippen molar-refractivity contribution in [3.8, 4) is 5.75 Å². The molecule has 0 radical (unpaired) electrons. The molecule has 3 aromatic rings. The third-order valence-corrected chi connectivity index (χ3v) is 4.63. The molecule has 0 aromatic heterocycles. The summed E-state index contributed by atoms with van der Waals surface area (Å²) in [6, 6.07) is 26.0. The van der Waals surface area contributed by atoms with Gasteiger partial charge in [-0.15, -0.1) is 0 Å². The van der Waals surface area contributed by atoms with E-state index in [-0.39, 0.29) is 5.91 Å². The number of para-hydroxylation sites is 1. The average molecular weight is 358 g/mol. The minimum atomic E-state index is -0.0337. The predicted octanol–water partition coefficient (Wildman–Crippen LogP) is 3.90. The Morgan fingerprint density at radius 1 is 0.926 bits per heavy atom. The Labute approximate surface area is 159 Å². The largest absolute Gasteiger partial charge is 0.493 e. The van der Waals surface area contributed by atoms with Gasteiger partial charge in [0.05, 0.1) is 25.3 Å². The van der Waals surface area contributed by atoms with E-state index < -0.39 is 0 Å². The normalized spacial score (nSPS) is 12.1. The second kappa shape index (κ2) is 7.96. The molecule has 1 aliphatic heterocycles. The maximum atomic E-state index is 12.7. The molecule has 27 heavy (non-hydrogen) atoms. The van der Waals surface area contributed by atoms with Crippen molar-refractivity contribution in [1.29, 1.82) is 0 Å². The van der Waals surface area contributed by atoms with Crippen LogP contribution in [0.5, 0.6) is 5.75 Å². The highest BCUT2D eigenvalue weighted by molar-refractivity contribution is 5.80. The van der Waals surface area contributed by atoms with Crippen molar-refractivity contribution in [3.63, 3.8) is 0 Å². The predicted molar refractivity (Wildman–Crippen MR) is 107 cm³/mol. The standard InChI is InChI=1S/C23H22N2O2/c26-23(16-19-11-12-22-20(15-19)13-14-27-22)24-25(21-9-5-2-6-10-21)17-18-7-3-1-4-8-18/h1-12,15H,13-14,16-17H2,(H,24,26). The molecular weight excluding hydrogens is 336 g/mol. The summed E-state index contributed by atoms with van der Waals surface area (Å²) in [7, 11) is 0. The van der Waals surface area contributed by atoms with Gasteiger partial charge in [-0.25, -0.2) is 0 Å². The fraction of sp³-hybridized carbons (Fsp3) is 0.174. The first-order valence-electron chi connectivity index (χ1n) is 9.18. The van der Waals surface area contributed by atoms with Gasteiger partial charge in [-0.2, -0.15) is 0 Å². The van der Waals surface area contributed by atoms with E-state index in [2.05, 4.69) is 23.6 Å². The number of benzene rings is 3. The molecular formula is C23H22N2O2. The van der Waals surface area contributed by atoms with Crippen LogP contribution in [0.15, 0.2) is 78.9 Å². The van der Waals surface area contributed by atoms with Gasteiger partial charge in [-0.1, -0.05) is 60.7 Å². The first-order chi connectivity index (χ1) is 13.3. The zero-order chi connectivity index (χ0) is 18.5. The Kier molecular flexibility index (Phi) is 5.06. The fourth-order valence-corrected chi connectivity index (χ4v) is 3.29. The monoisotopic (exact) mass is 358 g/mol. The molecule has 4 rings (SSSR count). The molecule has 0 spiro atoms. The van der Waals surface area contributed by atoms with Crippen molar-refractivity contribution in [2.45, 2.75) is 19.4 Å². The molecule has 4 heteroatoms. The molecule has 0 aliphatic carbocycles. The summed E-state index contributed by atoms with van der Waals surface area (Å²) in [6.45, 7) is 1.33. The van der Waals surface area contributed by atoms with Gasteiger partial charge in [0.25, 0.3) is 0 Å². The SMILES string of the molecule is O=C(Cc1ccc2c(c1)CCO2)NN(Cc1ccccc1)c1ccccc1. The molecule has 0 fully saturated rings. The zero-order valence-corrected chi connectivity index (χ0v) is 15.1. The van der Waals surface area contributed by atoms with Crippen molar-refractivity contribution < 1.29 is 9.53 Å². The summed E-state index contributed by atoms with van der Waals surface area (Å²) in [5.74, 6) is 0.905. The number of carbonyl (C=O) groups is 1. The van der Waals surface area contributed by atoms with E-state index in [4.69, 9.17) is 4.74 Å². The van der Waals surface area contributed by atoms with E-state index in [1.807, 2.05) is 65.7 Å². The van der Waals surface area contributed by atoms with Crippen molar-refractivity contribution in [3.05, 3.63) is 95.6 Å². The topological polar surface area (TPSA) is 41.6 Å². The van der Waals surface area contributed by atoms with E-state index in [9.17, 15) is 4.79 Å². The van der Waals surface area contributed by atoms with Gasteiger partial charge in [-0.05, 0) is 34.9 Å². The van der Waals surface area contributed by atoms with Crippen LogP contribution in [0.2, 0.25) is 0 Å². The van der Waals surface area contributed by atoms with E-state index in [1.165, 1.54) is 5.56 Å². The fourth-order valence-electron chi connectivity index (χ4n) is 3.29. The maximum absolute atomic E-state index is 12.7. The van der Waals surface area contributed by atoms with Crippen LogP contribution >= 0.6 is 0 Å². The van der Waals surface area contributed by atoms with Crippen molar-refractivity contribution >= 4 is 11.6 Å². The van der Waals surface area contributed by atoms with Crippen LogP contribution < -0.4 is 15.2 Å². The summed E-state index contributed by atoms with van der Waals surface area (Å²) < 4.78 is 5.54. The molecule has 0 saturated carbocycles. The second-order valence-electron chi connectivity index (χ2n) is 6.66. The Balaban J connectivity index is 1.48. The summed E-state index contributed by atoms with van der Waals surface area (Å²) in [5.41, 5.74) is 7.34. The molecule has 3 aromatic carbocycles. The summed E-state index contributed by atoms with van der Waals surface area (Å²) in [5, 5.41) is 1.90. The van der Waals surface area contributed by atoms with Crippen LogP contribution in [0.1, 0.15) is 16.7 Å². The Hall–Kier alpha value is -3.27. The molecule has 0 atom stereocenters. The van der Waals surface area contributed by atoms with Crippen LogP contribution in [-0.2, 0) is 24.2 Å². The molecule has 1 aliphatic rings. The summed E-state index contributed by atoms with van der Waals surface area (Å²) >= 11 is 0. The van der Waals surface area contributed by atoms with E-state index >= 15 is 0 Å². The number of nitrogens with zero attached hydrogens (tertiary/aromatic N) is 1. The van der Waals surface area contributed by atoms with Crippen LogP contribution in [0.3, 0.4) is 0 Å². The zero-order valence-electron chi connectivity index (χ0n) is 15.1. The third-order valence-electron chi connectivity index (χ3n) is 4.63. The van der Waals surface area contributed by atoms with Crippen LogP contribution in [-0.4, -0.2) is 12.5 Å². The van der Waals surface area contributed by atoms with Crippen molar-refractivity contribution in [2.24, 2.45) is 0 Å². The van der Waals surface area contributed by atoms with Gasteiger partial charge in [0.15, 0.2) is 0 Å². The minimum Gasteiger partial charge on any atom is -0.493 e. The molecule has 0 saturated heterocycles. The van der Waals surface area contributed by atoms with Crippen molar-refractivity contribution in [1.82, 2.24) is 5.43 Å². The van der Waals surface area contributed by atoms with Gasteiger partial charge < -0.3 is 4.74 Å². The number of hydrogen-bond acceptors (Lipinski definition) is 3. The Morgan fingerprint density at radius 3 is 2.44 bits per heavy atom. The third kappa shape index (κ3) is 4.29. The maximum Gasteiger partial charge on any atom is 0.242 e. The Bertz CT molecular complexity index is 910. The van der Waals surface area contributed by atoms with Gasteiger partial charge in [-0.3, -0.25) is 15.2 Å². The summed E-state index contributed by atoms with van der Waals surface area (Å²) in [4.78, 5) is 12.7. The average Bonchev–Trinajstić information content (AvgIpc) is 3.17. The van der Waals surface area contributed by atoms with E-state index in [0.717, 1.165) is 35.6 Å². The number of nitrogens with one attached hydrogen (secondary N) is 1. The van der Waals surface area contributed by atoms with Crippen molar-refractivity contribution in [2.75, 3.05) is 11.6 Å². The lowest BCUT2D eigenvalue weighted by Crippen LogP contribution is -2.42. The first kappa shape index (κ1) is 17.2. The van der Waals surface area contributed by atoms with E-state index in [1.54, 1.807) is 0 Å². The minimum absolute atomic E-state index is 0.0337. The molecule has 0 unspecified atom stereocenters. The first-order valence-corrected chi connectivity index (χ1v) is 9.18. The lowest BCUT2D eigenvalue weighted by Gasteiger charge is -2.25. The molecule has 1 heterocycles. The van der Waals surface area contributed by atoms with Gasteiger partial charge in [0, 0.05) is 6.42 Å². The number of anilines is 1. The number of hydrogen-bond donors (Lipinski definition) is 1. The lowest BCUT2D eigenvalue weighted by molar-refractivity contribution is -0.120. The van der Waals surface area contributed by atoms with Gasteiger partial charge in [0.1, 0.15) is 5.75 Å². The van der Waals surface area contributed by atoms with E-state index in [0.29, 0.717) is 13.0 Å². The van der Waals surface area contributed by atoms with Crippen LogP contribution in [0.4, 0.5) is 5.69 Å². The number of hydrazine groups is 1. The smallest absolute Gasteiger partial charge is 0.242 e. The number of carbonyl (C=O) groups excluding carboxylic acids is 1. The number of amides is 1. The second-order valence-corrected chi connectivity index (χ2v) is 6.66. The number of fused-ring (bicyclic) bond motifs is 1. The number of ether oxygens (including phenoxy) is 1. The molecule has 4 nitrogen and oxygen atoms in total.